The van der Waals surface area contributed by atoms with Crippen molar-refractivity contribution < 1.29 is 23.6 Å². The van der Waals surface area contributed by atoms with Crippen molar-refractivity contribution in [1.29, 1.82) is 0 Å². The van der Waals surface area contributed by atoms with Gasteiger partial charge in [0, 0.05) is 24.2 Å². The van der Waals surface area contributed by atoms with Crippen LogP contribution in [0.5, 0.6) is 0 Å². The second-order valence-corrected chi connectivity index (χ2v) is 6.45. The zero-order chi connectivity index (χ0) is 20.3. The number of carbonyl (C=O) groups is 2. The molecule has 1 amide bonds. The first-order chi connectivity index (χ1) is 13.4. The fourth-order valence-corrected chi connectivity index (χ4v) is 2.74. The molecule has 2 N–H and O–H groups in total. The molecule has 8 nitrogen and oxygen atoms in total. The van der Waals surface area contributed by atoms with Crippen LogP contribution in [-0.2, 0) is 16.1 Å². The van der Waals surface area contributed by atoms with E-state index in [9.17, 15) is 24.1 Å². The number of nitrogens with zero attached hydrogens (tertiary/aromatic N) is 2. The third-order valence-electron chi connectivity index (χ3n) is 4.40. The Morgan fingerprint density at radius 1 is 1.25 bits per heavy atom. The highest BCUT2D eigenvalue weighted by molar-refractivity contribution is 5.92. The summed E-state index contributed by atoms with van der Waals surface area (Å²) in [4.78, 5) is 36.3. The van der Waals surface area contributed by atoms with E-state index in [1.807, 2.05) is 0 Å². The summed E-state index contributed by atoms with van der Waals surface area (Å²) < 4.78 is 18.9. The molecule has 0 bridgehead atoms. The maximum absolute atomic E-state index is 13.9. The summed E-state index contributed by atoms with van der Waals surface area (Å²) in [6, 6.07) is 9.66. The van der Waals surface area contributed by atoms with Gasteiger partial charge < -0.3 is 15.4 Å². The van der Waals surface area contributed by atoms with Crippen molar-refractivity contribution in [3.8, 4) is 0 Å². The second-order valence-electron chi connectivity index (χ2n) is 6.45. The summed E-state index contributed by atoms with van der Waals surface area (Å²) in [6.07, 6.45) is 1.61. The van der Waals surface area contributed by atoms with Crippen molar-refractivity contribution in [1.82, 2.24) is 4.90 Å². The Labute approximate surface area is 159 Å². The third kappa shape index (κ3) is 4.43. The predicted octanol–water partition coefficient (Wildman–Crippen LogP) is 2.66. The Hall–Kier alpha value is -3.49. The molecule has 0 atom stereocenters. The number of ether oxygens (including phenoxy) is 1. The minimum atomic E-state index is -0.877. The number of anilines is 1. The molecule has 0 unspecified atom stereocenters. The second kappa shape index (κ2) is 8.03. The smallest absolute Gasteiger partial charge is 0.338 e. The van der Waals surface area contributed by atoms with E-state index in [1.54, 1.807) is 18.2 Å². The highest BCUT2D eigenvalue weighted by Crippen LogP contribution is 2.29. The topological polar surface area (TPSA) is 116 Å². The summed E-state index contributed by atoms with van der Waals surface area (Å²) in [5, 5.41) is 10.9. The molecule has 0 aliphatic heterocycles. The van der Waals surface area contributed by atoms with Gasteiger partial charge in [0.25, 0.3) is 11.6 Å². The van der Waals surface area contributed by atoms with Crippen LogP contribution in [0.1, 0.15) is 28.8 Å². The van der Waals surface area contributed by atoms with Gasteiger partial charge in [-0.3, -0.25) is 14.9 Å². The van der Waals surface area contributed by atoms with Crippen LogP contribution in [0.4, 0.5) is 15.8 Å². The van der Waals surface area contributed by atoms with Crippen LogP contribution in [0.2, 0.25) is 0 Å². The molecule has 1 aliphatic rings. The summed E-state index contributed by atoms with van der Waals surface area (Å²) in [5.41, 5.74) is 5.29. The van der Waals surface area contributed by atoms with Gasteiger partial charge >= 0.3 is 5.97 Å². The molecule has 28 heavy (non-hydrogen) atoms. The van der Waals surface area contributed by atoms with E-state index in [4.69, 9.17) is 10.5 Å². The average Bonchev–Trinajstić information content (AvgIpc) is 3.50. The highest BCUT2D eigenvalue weighted by Gasteiger charge is 2.33. The molecule has 2 aromatic carbocycles. The maximum atomic E-state index is 13.9. The molecular formula is C19H18FN3O5. The van der Waals surface area contributed by atoms with Crippen LogP contribution in [0.15, 0.2) is 42.5 Å². The molecule has 2 aromatic rings. The Balaban J connectivity index is 1.65. The lowest BCUT2D eigenvalue weighted by atomic mass is 10.2. The van der Waals surface area contributed by atoms with Crippen molar-refractivity contribution in [3.63, 3.8) is 0 Å². The maximum Gasteiger partial charge on any atom is 0.338 e. The van der Waals surface area contributed by atoms with E-state index in [1.165, 1.54) is 23.1 Å². The molecule has 0 heterocycles. The molecule has 1 saturated carbocycles. The lowest BCUT2D eigenvalue weighted by Gasteiger charge is -2.22. The summed E-state index contributed by atoms with van der Waals surface area (Å²) >= 11 is 0. The molecule has 0 spiro atoms. The Morgan fingerprint density at radius 3 is 2.61 bits per heavy atom. The standard InChI is InChI=1S/C19H18FN3O5/c20-15-4-2-1-3-13(15)10-22(14-6-7-14)18(24)11-28-19(25)12-5-8-16(21)17(9-12)23(26)27/h1-5,8-9,14H,6-7,10-11,21H2. The van der Waals surface area contributed by atoms with Crippen LogP contribution >= 0.6 is 0 Å². The third-order valence-corrected chi connectivity index (χ3v) is 4.40. The molecule has 1 aliphatic carbocycles. The minimum absolute atomic E-state index is 0.0107. The van der Waals surface area contributed by atoms with E-state index < -0.39 is 34.9 Å². The van der Waals surface area contributed by atoms with Crippen LogP contribution in [0, 0.1) is 15.9 Å². The lowest BCUT2D eigenvalue weighted by molar-refractivity contribution is -0.383. The summed E-state index contributed by atoms with van der Waals surface area (Å²) in [7, 11) is 0. The number of benzene rings is 2. The molecule has 9 heteroatoms. The first-order valence-corrected chi connectivity index (χ1v) is 8.60. The summed E-state index contributed by atoms with van der Waals surface area (Å²) in [6.45, 7) is -0.455. The van der Waals surface area contributed by atoms with Crippen molar-refractivity contribution >= 4 is 23.3 Å². The van der Waals surface area contributed by atoms with Crippen molar-refractivity contribution in [2.45, 2.75) is 25.4 Å². The molecule has 0 aromatic heterocycles. The highest BCUT2D eigenvalue weighted by atomic mass is 19.1. The van der Waals surface area contributed by atoms with Gasteiger partial charge in [-0.2, -0.15) is 0 Å². The number of hydrogen-bond donors (Lipinski definition) is 1. The van der Waals surface area contributed by atoms with Crippen molar-refractivity contribution in [3.05, 3.63) is 69.5 Å². The number of halogens is 1. The van der Waals surface area contributed by atoms with Gasteiger partial charge in [0.2, 0.25) is 0 Å². The quantitative estimate of drug-likeness (QED) is 0.338. The zero-order valence-electron chi connectivity index (χ0n) is 14.8. The van der Waals surface area contributed by atoms with Crippen molar-refractivity contribution in [2.24, 2.45) is 0 Å². The van der Waals surface area contributed by atoms with E-state index >= 15 is 0 Å². The molecule has 146 valence electrons. The normalized spacial score (nSPS) is 13.0. The number of nitro benzene ring substituents is 1. The van der Waals surface area contributed by atoms with Crippen LogP contribution in [-0.4, -0.2) is 34.3 Å². The number of rotatable bonds is 7. The number of nitrogen functional groups attached to an aromatic ring is 1. The Morgan fingerprint density at radius 2 is 1.96 bits per heavy atom. The van der Waals surface area contributed by atoms with Gasteiger partial charge in [0.05, 0.1) is 10.5 Å². The first kappa shape index (κ1) is 19.3. The van der Waals surface area contributed by atoms with E-state index in [2.05, 4.69) is 0 Å². The van der Waals surface area contributed by atoms with E-state index in [0.717, 1.165) is 18.9 Å². The number of nitrogens with two attached hydrogens (primary N) is 1. The number of nitro groups is 1. The van der Waals surface area contributed by atoms with Crippen molar-refractivity contribution in [2.75, 3.05) is 12.3 Å². The fraction of sp³-hybridized carbons (Fsp3) is 0.263. The monoisotopic (exact) mass is 387 g/mol. The van der Waals surface area contributed by atoms with Crippen LogP contribution in [0.25, 0.3) is 0 Å². The van der Waals surface area contributed by atoms with Crippen LogP contribution in [0.3, 0.4) is 0 Å². The van der Waals surface area contributed by atoms with Gasteiger partial charge in [0.1, 0.15) is 11.5 Å². The predicted molar refractivity (Wildman–Crippen MR) is 97.8 cm³/mol. The fourth-order valence-electron chi connectivity index (χ4n) is 2.74. The minimum Gasteiger partial charge on any atom is -0.452 e. The average molecular weight is 387 g/mol. The molecule has 0 saturated heterocycles. The van der Waals surface area contributed by atoms with E-state index in [-0.39, 0.29) is 23.8 Å². The van der Waals surface area contributed by atoms with Gasteiger partial charge in [-0.1, -0.05) is 18.2 Å². The number of esters is 1. The lowest BCUT2D eigenvalue weighted by Crippen LogP contribution is -2.36. The molecular weight excluding hydrogens is 369 g/mol. The Bertz CT molecular complexity index is 930. The SMILES string of the molecule is Nc1ccc(C(=O)OCC(=O)N(Cc2ccccc2F)C2CC2)cc1[N+](=O)[O-]. The van der Waals surface area contributed by atoms with Gasteiger partial charge in [-0.05, 0) is 31.0 Å². The summed E-state index contributed by atoms with van der Waals surface area (Å²) in [5.74, 6) is -1.74. The number of carbonyl (C=O) groups excluding carboxylic acids is 2. The van der Waals surface area contributed by atoms with Gasteiger partial charge in [-0.25, -0.2) is 9.18 Å². The zero-order valence-corrected chi connectivity index (χ0v) is 14.8. The van der Waals surface area contributed by atoms with E-state index in [0.29, 0.717) is 5.56 Å². The largest absolute Gasteiger partial charge is 0.452 e. The molecule has 1 fully saturated rings. The van der Waals surface area contributed by atoms with Crippen LogP contribution < -0.4 is 5.73 Å². The van der Waals surface area contributed by atoms with Gasteiger partial charge in [-0.15, -0.1) is 0 Å². The first-order valence-electron chi connectivity index (χ1n) is 8.60. The Kier molecular flexibility index (Phi) is 5.53. The molecule has 3 rings (SSSR count). The number of hydrogen-bond acceptors (Lipinski definition) is 6. The number of amides is 1. The molecule has 0 radical (unpaired) electrons. The van der Waals surface area contributed by atoms with Gasteiger partial charge in [0.15, 0.2) is 6.61 Å².